The van der Waals surface area contributed by atoms with Gasteiger partial charge < -0.3 is 9.32 Å². The molecule has 0 amide bonds. The van der Waals surface area contributed by atoms with E-state index in [2.05, 4.69) is 229 Å². The van der Waals surface area contributed by atoms with Crippen molar-refractivity contribution in [2.24, 2.45) is 0 Å². The Morgan fingerprint density at radius 1 is 0.352 bits per heavy atom. The fourth-order valence-electron chi connectivity index (χ4n) is 14.3. The summed E-state index contributed by atoms with van der Waals surface area (Å²) in [7, 11) is 0. The van der Waals surface area contributed by atoms with Gasteiger partial charge in [0.2, 0.25) is 0 Å². The third-order valence-corrected chi connectivity index (χ3v) is 18.1. The van der Waals surface area contributed by atoms with E-state index in [1.54, 1.807) is 0 Å². The summed E-state index contributed by atoms with van der Waals surface area (Å²) in [5.41, 5.74) is 22.3. The Kier molecular flexibility index (Phi) is 7.37. The van der Waals surface area contributed by atoms with Gasteiger partial charge in [-0.2, -0.15) is 0 Å². The van der Waals surface area contributed by atoms with Crippen LogP contribution in [0.5, 0.6) is 0 Å². The average Bonchev–Trinajstić information content (AvgIpc) is 4.22. The minimum absolute atomic E-state index is 0.524. The standard InChI is InChI=1S/C68H41NOS/c1-3-16-42(17-4-1)67(43-18-5-2-6-19-43)53-26-12-13-27-57(53)69(59-39-61-50(38-56(59)67)46-22-9-14-29-60(46)71-61)58-28-15-23-47-48-35-37-55-64(66(48)70-65(47)58)49-34-32-40-30-31-41-33-36-54(63(49)62(40)41)68(55)51-24-10-7-20-44(51)45-21-8-11-25-52(45)68/h1-29,32-39H,30-31H2. The van der Waals surface area contributed by atoms with Gasteiger partial charge >= 0.3 is 0 Å². The van der Waals surface area contributed by atoms with Crippen molar-refractivity contribution in [3.8, 4) is 22.3 Å². The van der Waals surface area contributed by atoms with Gasteiger partial charge in [0.25, 0.3) is 0 Å². The summed E-state index contributed by atoms with van der Waals surface area (Å²) in [5.74, 6) is 0. The van der Waals surface area contributed by atoms with Crippen LogP contribution in [0.3, 0.4) is 0 Å². The number of furan rings is 1. The summed E-state index contributed by atoms with van der Waals surface area (Å²) in [6, 6.07) is 85.0. The molecule has 0 fully saturated rings. The van der Waals surface area contributed by atoms with Crippen molar-refractivity contribution >= 4 is 81.3 Å². The smallest absolute Gasteiger partial charge is 0.159 e. The number of nitrogens with zero attached hydrogens (tertiary/aromatic N) is 1. The number of para-hydroxylation sites is 2. The molecule has 0 saturated carbocycles. The normalized spacial score (nSPS) is 15.1. The van der Waals surface area contributed by atoms with Crippen molar-refractivity contribution in [2.75, 3.05) is 4.90 Å². The molecule has 0 saturated heterocycles. The molecular formula is C68H41NOS. The van der Waals surface area contributed by atoms with Crippen LogP contribution in [0.4, 0.5) is 17.1 Å². The molecule has 330 valence electrons. The van der Waals surface area contributed by atoms with E-state index < -0.39 is 10.8 Å². The van der Waals surface area contributed by atoms with E-state index in [4.69, 9.17) is 4.42 Å². The number of aryl methyl sites for hydroxylation is 2. The topological polar surface area (TPSA) is 16.4 Å². The summed E-state index contributed by atoms with van der Waals surface area (Å²) in [5, 5.41) is 7.64. The van der Waals surface area contributed by atoms with Crippen LogP contribution in [0.25, 0.3) is 75.1 Å². The number of benzene rings is 11. The molecule has 0 atom stereocenters. The zero-order chi connectivity index (χ0) is 46.2. The zero-order valence-corrected chi connectivity index (χ0v) is 39.4. The highest BCUT2D eigenvalue weighted by Gasteiger charge is 2.52. The first-order valence-electron chi connectivity index (χ1n) is 25.0. The Bertz CT molecular complexity index is 4380. The van der Waals surface area contributed by atoms with Crippen molar-refractivity contribution in [1.29, 1.82) is 0 Å². The van der Waals surface area contributed by atoms with Gasteiger partial charge in [-0.15, -0.1) is 11.3 Å². The number of hydrogen-bond donors (Lipinski definition) is 0. The molecule has 0 unspecified atom stereocenters. The second-order valence-electron chi connectivity index (χ2n) is 20.1. The molecule has 2 aromatic heterocycles. The van der Waals surface area contributed by atoms with Crippen molar-refractivity contribution in [2.45, 2.75) is 23.7 Å². The van der Waals surface area contributed by atoms with Crippen molar-refractivity contribution in [3.63, 3.8) is 0 Å². The first kappa shape index (κ1) is 38.4. The van der Waals surface area contributed by atoms with Crippen molar-refractivity contribution < 1.29 is 4.42 Å². The van der Waals surface area contributed by atoms with Crippen LogP contribution in [0.15, 0.2) is 229 Å². The van der Waals surface area contributed by atoms with E-state index in [0.29, 0.717) is 0 Å². The summed E-state index contributed by atoms with van der Waals surface area (Å²) in [6.07, 6.45) is 2.15. The summed E-state index contributed by atoms with van der Waals surface area (Å²) < 4.78 is 10.3. The average molecular weight is 920 g/mol. The van der Waals surface area contributed by atoms with Crippen LogP contribution < -0.4 is 4.90 Å². The lowest BCUT2D eigenvalue weighted by Gasteiger charge is -2.46. The van der Waals surface area contributed by atoms with Gasteiger partial charge in [-0.3, -0.25) is 0 Å². The second kappa shape index (κ2) is 13.6. The Labute approximate surface area is 414 Å². The van der Waals surface area contributed by atoms with Crippen LogP contribution in [0.2, 0.25) is 0 Å². The van der Waals surface area contributed by atoms with E-state index in [1.807, 2.05) is 11.3 Å². The summed E-state index contributed by atoms with van der Waals surface area (Å²) in [6.45, 7) is 0. The monoisotopic (exact) mass is 919 g/mol. The third-order valence-electron chi connectivity index (χ3n) is 17.0. The molecule has 71 heavy (non-hydrogen) atoms. The molecule has 4 aliphatic rings. The van der Waals surface area contributed by atoms with Gasteiger partial charge in [-0.1, -0.05) is 194 Å². The van der Waals surface area contributed by atoms with Gasteiger partial charge in [0.05, 0.1) is 27.9 Å². The van der Waals surface area contributed by atoms with Crippen molar-refractivity contribution in [1.82, 2.24) is 0 Å². The first-order chi connectivity index (χ1) is 35.2. The fraction of sp³-hybridized carbons (Fsp3) is 0.0588. The quantitative estimate of drug-likeness (QED) is 0.176. The molecule has 0 radical (unpaired) electrons. The largest absolute Gasteiger partial charge is 0.453 e. The minimum atomic E-state index is -0.626. The lowest BCUT2D eigenvalue weighted by Crippen LogP contribution is -2.37. The maximum Gasteiger partial charge on any atom is 0.159 e. The molecular weight excluding hydrogens is 879 g/mol. The minimum Gasteiger partial charge on any atom is -0.453 e. The Hall–Kier alpha value is -8.50. The lowest BCUT2D eigenvalue weighted by molar-refractivity contribution is 0.666. The third kappa shape index (κ3) is 4.60. The number of rotatable bonds is 3. The first-order valence-corrected chi connectivity index (χ1v) is 25.8. The van der Waals surface area contributed by atoms with E-state index >= 15 is 0 Å². The molecule has 3 aliphatic carbocycles. The molecule has 3 heterocycles. The predicted octanol–water partition coefficient (Wildman–Crippen LogP) is 17.7. The molecule has 1 aliphatic heterocycles. The van der Waals surface area contributed by atoms with Crippen LogP contribution in [-0.2, 0) is 23.7 Å². The van der Waals surface area contributed by atoms with E-state index in [0.717, 1.165) is 51.8 Å². The molecule has 2 nitrogen and oxygen atoms in total. The maximum atomic E-state index is 7.78. The number of fused-ring (bicyclic) bond motifs is 18. The molecule has 13 aromatic rings. The molecule has 0 N–H and O–H groups in total. The van der Waals surface area contributed by atoms with E-state index in [9.17, 15) is 0 Å². The van der Waals surface area contributed by atoms with Crippen LogP contribution in [0.1, 0.15) is 55.6 Å². The lowest BCUT2D eigenvalue weighted by atomic mass is 9.61. The van der Waals surface area contributed by atoms with Gasteiger partial charge in [-0.25, -0.2) is 0 Å². The Morgan fingerprint density at radius 2 is 0.958 bits per heavy atom. The Morgan fingerprint density at radius 3 is 1.72 bits per heavy atom. The fourth-order valence-corrected chi connectivity index (χ4v) is 15.5. The van der Waals surface area contributed by atoms with Gasteiger partial charge in [-0.05, 0) is 126 Å². The van der Waals surface area contributed by atoms with Crippen LogP contribution in [0, 0.1) is 0 Å². The van der Waals surface area contributed by atoms with E-state index in [-0.39, 0.29) is 0 Å². The molecule has 17 rings (SSSR count). The van der Waals surface area contributed by atoms with Gasteiger partial charge in [0, 0.05) is 36.5 Å². The SMILES string of the molecule is c1ccc(C2(c3ccccc3)c3ccccc3N(c3cccc4c3oc3c5c(ccc34)C3(c4ccccc4-c4ccccc43)c3ccc4c6c(ccc-5c36)CC4)c3cc4sc5ccccc5c4cc32)cc1. The highest BCUT2D eigenvalue weighted by molar-refractivity contribution is 7.25. The number of anilines is 3. The molecule has 11 aromatic carbocycles. The number of thiophene rings is 1. The van der Waals surface area contributed by atoms with Crippen LogP contribution in [-0.4, -0.2) is 0 Å². The highest BCUT2D eigenvalue weighted by atomic mass is 32.1. The van der Waals surface area contributed by atoms with Gasteiger partial charge in [0.15, 0.2) is 5.58 Å². The maximum absolute atomic E-state index is 7.78. The summed E-state index contributed by atoms with van der Waals surface area (Å²) >= 11 is 1.88. The number of hydrogen-bond acceptors (Lipinski definition) is 3. The predicted molar refractivity (Wildman–Crippen MR) is 294 cm³/mol. The van der Waals surface area contributed by atoms with Crippen LogP contribution >= 0.6 is 11.3 Å². The van der Waals surface area contributed by atoms with Gasteiger partial charge in [0.1, 0.15) is 5.58 Å². The molecule has 0 bridgehead atoms. The summed E-state index contributed by atoms with van der Waals surface area (Å²) in [4.78, 5) is 2.53. The second-order valence-corrected chi connectivity index (χ2v) is 21.1. The molecule has 1 spiro atoms. The van der Waals surface area contributed by atoms with Crippen molar-refractivity contribution in [3.05, 3.63) is 280 Å². The Balaban J connectivity index is 1.00. The zero-order valence-electron chi connectivity index (χ0n) is 38.5. The molecule has 3 heteroatoms. The highest BCUT2D eigenvalue weighted by Crippen LogP contribution is 2.65. The van der Waals surface area contributed by atoms with E-state index in [1.165, 1.54) is 109 Å².